The highest BCUT2D eigenvalue weighted by atomic mass is 32.1. The second kappa shape index (κ2) is 17.3. The molecule has 0 aliphatic heterocycles. The quantitative estimate of drug-likeness (QED) is 0.186. The van der Waals surface area contributed by atoms with E-state index in [2.05, 4.69) is 69.6 Å². The Kier molecular flexibility index (Phi) is 13.9. The minimum Gasteiger partial charge on any atom is -0.483 e. The minimum absolute atomic E-state index is 0.0308. The van der Waals surface area contributed by atoms with Gasteiger partial charge in [0.05, 0.1) is 11.0 Å². The Hall–Kier alpha value is -2.84. The lowest BCUT2D eigenvalue weighted by Gasteiger charge is -2.36. The van der Waals surface area contributed by atoms with Crippen LogP contribution in [0.25, 0.3) is 22.2 Å². The van der Waals surface area contributed by atoms with Gasteiger partial charge in [-0.25, -0.2) is 4.98 Å². The number of carbonyl (C=O) groups excluding carboxylic acids is 1. The fraction of sp³-hybridized carbons (Fsp3) is 0.559. The van der Waals surface area contributed by atoms with Crippen LogP contribution < -0.4 is 10.5 Å². The molecule has 3 saturated carbocycles. The van der Waals surface area contributed by atoms with Crippen LogP contribution in [-0.2, 0) is 16.6 Å². The molecule has 0 radical (unpaired) electrons. The molecule has 1 aromatic heterocycles. The Balaban J connectivity index is 0.000000248. The zero-order valence-electron chi connectivity index (χ0n) is 25.6. The van der Waals surface area contributed by atoms with E-state index in [1.54, 1.807) is 32.7 Å². The summed E-state index contributed by atoms with van der Waals surface area (Å²) in [5.41, 5.74) is 11.4. The summed E-state index contributed by atoms with van der Waals surface area (Å²) in [5.74, 6) is 3.67. The number of imidazole rings is 1. The Morgan fingerprint density at radius 1 is 0.952 bits per heavy atom. The number of nitrogens with two attached hydrogens (primary N) is 1. The molecule has 2 aromatic carbocycles. The normalized spacial score (nSPS) is 20.5. The first-order valence-electron chi connectivity index (χ1n) is 15.5. The van der Waals surface area contributed by atoms with Crippen LogP contribution in [0.5, 0.6) is 0 Å². The van der Waals surface area contributed by atoms with Crippen LogP contribution in [0.15, 0.2) is 42.5 Å². The zero-order chi connectivity index (χ0) is 30.5. The maximum absolute atomic E-state index is 11.5. The van der Waals surface area contributed by atoms with E-state index in [-0.39, 0.29) is 18.3 Å². The molecule has 8 heteroatoms. The topological polar surface area (TPSA) is 110 Å². The van der Waals surface area contributed by atoms with Gasteiger partial charge >= 0.3 is 0 Å². The average molecular weight is 595 g/mol. The van der Waals surface area contributed by atoms with Gasteiger partial charge in [0.1, 0.15) is 5.82 Å². The zero-order valence-corrected chi connectivity index (χ0v) is 26.5. The Morgan fingerprint density at radius 3 is 2.05 bits per heavy atom. The van der Waals surface area contributed by atoms with E-state index in [4.69, 9.17) is 15.6 Å². The lowest BCUT2D eigenvalue weighted by atomic mass is 9.70. The lowest BCUT2D eigenvalue weighted by molar-refractivity contribution is -0.123. The second-order valence-electron chi connectivity index (χ2n) is 11.9. The van der Waals surface area contributed by atoms with Gasteiger partial charge in [-0.2, -0.15) is 0 Å². The lowest BCUT2D eigenvalue weighted by Crippen LogP contribution is -2.27. The van der Waals surface area contributed by atoms with Crippen LogP contribution in [0, 0.1) is 24.7 Å². The van der Waals surface area contributed by atoms with Crippen molar-refractivity contribution in [1.29, 1.82) is 0 Å². The smallest absolute Gasteiger partial charge is 0.290 e. The number of hydrogen-bond acceptors (Lipinski definition) is 5. The van der Waals surface area contributed by atoms with Gasteiger partial charge in [-0.1, -0.05) is 101 Å². The number of carbonyl (C=O) groups is 2. The molecule has 0 spiro atoms. The fourth-order valence-corrected chi connectivity index (χ4v) is 6.72. The number of aromatic nitrogens is 2. The fourth-order valence-electron chi connectivity index (χ4n) is 6.72. The summed E-state index contributed by atoms with van der Waals surface area (Å²) in [5, 5.41) is 6.89. The van der Waals surface area contributed by atoms with Gasteiger partial charge in [-0.05, 0) is 79.8 Å². The summed E-state index contributed by atoms with van der Waals surface area (Å²) in [6, 6.07) is 15.2. The van der Waals surface area contributed by atoms with Crippen LogP contribution in [0.1, 0.15) is 94.4 Å². The Morgan fingerprint density at radius 2 is 1.50 bits per heavy atom. The van der Waals surface area contributed by atoms with Crippen LogP contribution >= 0.6 is 12.8 Å². The van der Waals surface area contributed by atoms with Crippen molar-refractivity contribution in [1.82, 2.24) is 14.3 Å². The summed E-state index contributed by atoms with van der Waals surface area (Å²) >= 11 is 3.54. The third kappa shape index (κ3) is 9.33. The van der Waals surface area contributed by atoms with Gasteiger partial charge in [-0.3, -0.25) is 14.3 Å². The molecule has 2 unspecified atom stereocenters. The van der Waals surface area contributed by atoms with Crippen molar-refractivity contribution < 1.29 is 14.7 Å². The molecule has 1 heterocycles. The SMILES string of the molecule is C1CCC(C2CCC2)CC1.CNS.Cc1nc2cc(-c3ccc(C4CCCC(C(N)=O)C4)cc3)ccc2n1C.O=CO. The van der Waals surface area contributed by atoms with Gasteiger partial charge in [0.15, 0.2) is 0 Å². The van der Waals surface area contributed by atoms with E-state index in [1.165, 1.54) is 48.3 Å². The molecule has 2 atom stereocenters. The van der Waals surface area contributed by atoms with Crippen molar-refractivity contribution in [2.24, 2.45) is 30.5 Å². The third-order valence-electron chi connectivity index (χ3n) is 9.36. The van der Waals surface area contributed by atoms with E-state index in [0.717, 1.165) is 48.5 Å². The average Bonchev–Trinajstić information content (AvgIpc) is 3.26. The molecule has 42 heavy (non-hydrogen) atoms. The molecule has 3 aliphatic rings. The van der Waals surface area contributed by atoms with E-state index < -0.39 is 0 Å². The molecule has 4 N–H and O–H groups in total. The van der Waals surface area contributed by atoms with Crippen molar-refractivity contribution in [3.63, 3.8) is 0 Å². The molecule has 0 saturated heterocycles. The van der Waals surface area contributed by atoms with Gasteiger partial charge in [-0.15, -0.1) is 0 Å². The first-order chi connectivity index (χ1) is 20.3. The van der Waals surface area contributed by atoms with Gasteiger partial charge < -0.3 is 15.4 Å². The summed E-state index contributed by atoms with van der Waals surface area (Å²) in [7, 11) is 3.78. The highest BCUT2D eigenvalue weighted by Gasteiger charge is 2.28. The van der Waals surface area contributed by atoms with E-state index in [1.807, 2.05) is 14.0 Å². The van der Waals surface area contributed by atoms with E-state index >= 15 is 0 Å². The second-order valence-corrected chi connectivity index (χ2v) is 12.4. The molecule has 230 valence electrons. The molecule has 3 fully saturated rings. The first-order valence-corrected chi connectivity index (χ1v) is 16.0. The number of rotatable bonds is 4. The number of thiol groups is 1. The van der Waals surface area contributed by atoms with Gasteiger partial charge in [0.25, 0.3) is 6.47 Å². The summed E-state index contributed by atoms with van der Waals surface area (Å²) in [4.78, 5) is 24.5. The minimum atomic E-state index is -0.250. The number of nitrogens with zero attached hydrogens (tertiary/aromatic N) is 2. The largest absolute Gasteiger partial charge is 0.483 e. The van der Waals surface area contributed by atoms with Crippen molar-refractivity contribution in [2.75, 3.05) is 7.05 Å². The molecular formula is C34H50N4O3S. The number of amides is 1. The molecule has 1 amide bonds. The maximum atomic E-state index is 11.5. The standard InChI is InChI=1S/C22H25N3O.C10H18.CH5NS.CH2O2/c1-14-24-20-13-18(10-11-21(20)25(14)2)16-8-6-15(7-9-16)17-4-3-5-19(12-17)22(23)26;1-2-5-9(6-3-1)10-7-4-8-10;1-2-3;2-1-3/h6-11,13,17,19H,3-5,12H2,1-2H3,(H2,23,26);9-10H,1-8H2;2-3H,1H3;1H,(H,2,3). The van der Waals surface area contributed by atoms with Crippen molar-refractivity contribution >= 4 is 36.2 Å². The summed E-state index contributed by atoms with van der Waals surface area (Å²) < 4.78 is 4.56. The Labute approximate surface area is 257 Å². The highest BCUT2D eigenvalue weighted by Crippen LogP contribution is 2.41. The molecular weight excluding hydrogens is 544 g/mol. The number of fused-ring (bicyclic) bond motifs is 1. The van der Waals surface area contributed by atoms with E-state index in [0.29, 0.717) is 5.92 Å². The maximum Gasteiger partial charge on any atom is 0.290 e. The van der Waals surface area contributed by atoms with Crippen LogP contribution in [0.3, 0.4) is 0 Å². The predicted molar refractivity (Wildman–Crippen MR) is 175 cm³/mol. The van der Waals surface area contributed by atoms with Crippen LogP contribution in [-0.4, -0.2) is 34.1 Å². The molecule has 3 aliphatic carbocycles. The number of benzene rings is 2. The monoisotopic (exact) mass is 594 g/mol. The first kappa shape index (κ1) is 33.7. The third-order valence-corrected chi connectivity index (χ3v) is 9.36. The van der Waals surface area contributed by atoms with Gasteiger partial charge in [0.2, 0.25) is 5.91 Å². The molecule has 7 nitrogen and oxygen atoms in total. The predicted octanol–water partition coefficient (Wildman–Crippen LogP) is 7.43. The van der Waals surface area contributed by atoms with E-state index in [9.17, 15) is 4.79 Å². The molecule has 6 rings (SSSR count). The Bertz CT molecular complexity index is 1250. The van der Waals surface area contributed by atoms with Crippen molar-refractivity contribution in [2.45, 2.75) is 89.9 Å². The molecule has 3 aromatic rings. The van der Waals surface area contributed by atoms with Gasteiger partial charge in [0, 0.05) is 13.0 Å². The summed E-state index contributed by atoms with van der Waals surface area (Å²) in [6.45, 7) is 1.78. The number of aryl methyl sites for hydroxylation is 2. The number of hydrogen-bond donors (Lipinski definition) is 4. The van der Waals surface area contributed by atoms with Crippen molar-refractivity contribution in [3.8, 4) is 11.1 Å². The number of primary amides is 1. The number of carboxylic acid groups (broad SMARTS) is 1. The highest BCUT2D eigenvalue weighted by molar-refractivity contribution is 7.78. The van der Waals surface area contributed by atoms with Crippen molar-refractivity contribution in [3.05, 3.63) is 53.9 Å². The molecule has 0 bridgehead atoms. The van der Waals surface area contributed by atoms with Crippen LogP contribution in [0.4, 0.5) is 0 Å². The van der Waals surface area contributed by atoms with Crippen LogP contribution in [0.2, 0.25) is 0 Å². The summed E-state index contributed by atoms with van der Waals surface area (Å²) in [6.07, 6.45) is 16.4. The number of nitrogens with one attached hydrogen (secondary N) is 1.